The summed E-state index contributed by atoms with van der Waals surface area (Å²) in [7, 11) is 1.65. The van der Waals surface area contributed by atoms with Crippen LogP contribution in [0.15, 0.2) is 4.99 Å². The second-order valence-electron chi connectivity index (χ2n) is 6.92. The average molecular weight is 358 g/mol. The molecule has 1 fully saturated rings. The summed E-state index contributed by atoms with van der Waals surface area (Å²) in [6.45, 7) is 12.3. The number of nitrogens with one attached hydrogen (secondary N) is 2. The first-order valence-electron chi connectivity index (χ1n) is 8.95. The maximum Gasteiger partial charge on any atom is 0.407 e. The summed E-state index contributed by atoms with van der Waals surface area (Å²) in [5.41, 5.74) is -0.485. The minimum atomic E-state index is -0.485. The molecule has 0 radical (unpaired) electrons. The third-order valence-electron chi connectivity index (χ3n) is 3.47. The molecular weight excluding hydrogens is 324 g/mol. The average Bonchev–Trinajstić information content (AvgIpc) is 2.95. The highest BCUT2D eigenvalue weighted by molar-refractivity contribution is 5.80. The number of hydrogen-bond acceptors (Lipinski definition) is 5. The molecule has 1 heterocycles. The lowest BCUT2D eigenvalue weighted by atomic mass is 10.2. The highest BCUT2D eigenvalue weighted by atomic mass is 16.6. The molecule has 0 aliphatic carbocycles. The fraction of sp³-hybridized carbons (Fsp3) is 0.882. The lowest BCUT2D eigenvalue weighted by Crippen LogP contribution is -2.44. The zero-order valence-corrected chi connectivity index (χ0v) is 16.3. The molecule has 1 unspecified atom stereocenters. The zero-order chi connectivity index (χ0) is 18.7. The van der Waals surface area contributed by atoms with Gasteiger partial charge in [-0.3, -0.25) is 4.99 Å². The van der Waals surface area contributed by atoms with Gasteiger partial charge in [0.15, 0.2) is 5.96 Å². The fourth-order valence-electron chi connectivity index (χ4n) is 2.43. The number of methoxy groups -OCH3 is 1. The Balaban J connectivity index is 2.41. The second-order valence-corrected chi connectivity index (χ2v) is 6.92. The van der Waals surface area contributed by atoms with Crippen LogP contribution in [0.1, 0.15) is 34.1 Å². The highest BCUT2D eigenvalue weighted by Crippen LogP contribution is 2.12. The predicted octanol–water partition coefficient (Wildman–Crippen LogP) is 1.21. The molecule has 2 N–H and O–H groups in total. The van der Waals surface area contributed by atoms with Crippen molar-refractivity contribution in [3.05, 3.63) is 0 Å². The van der Waals surface area contributed by atoms with Gasteiger partial charge in [0.1, 0.15) is 5.60 Å². The normalized spacial score (nSPS) is 18.4. The van der Waals surface area contributed by atoms with Crippen LogP contribution in [0.3, 0.4) is 0 Å². The predicted molar refractivity (Wildman–Crippen MR) is 98.0 cm³/mol. The topological polar surface area (TPSA) is 84.4 Å². The molecule has 0 spiro atoms. The summed E-state index contributed by atoms with van der Waals surface area (Å²) >= 11 is 0. The minimum Gasteiger partial charge on any atom is -0.444 e. The smallest absolute Gasteiger partial charge is 0.407 e. The van der Waals surface area contributed by atoms with Gasteiger partial charge in [0.05, 0.1) is 32.4 Å². The molecule has 1 amide bonds. The fourth-order valence-corrected chi connectivity index (χ4v) is 2.43. The summed E-state index contributed by atoms with van der Waals surface area (Å²) < 4.78 is 15.7. The second kappa shape index (κ2) is 11.1. The van der Waals surface area contributed by atoms with Crippen molar-refractivity contribution in [3.8, 4) is 0 Å². The van der Waals surface area contributed by atoms with Crippen LogP contribution < -0.4 is 10.6 Å². The van der Waals surface area contributed by atoms with Gasteiger partial charge in [-0.1, -0.05) is 0 Å². The number of likely N-dealkylation sites (tertiary alicyclic amines) is 1. The van der Waals surface area contributed by atoms with E-state index < -0.39 is 5.60 Å². The van der Waals surface area contributed by atoms with Crippen molar-refractivity contribution in [3.63, 3.8) is 0 Å². The SMILES string of the molecule is CCNC(=NCCOCCOC)N1CCC(NC(=O)OC(C)(C)C)C1. The third kappa shape index (κ3) is 9.50. The molecule has 0 saturated carbocycles. The number of alkyl carbamates (subject to hydrolysis) is 1. The number of carbonyl (C=O) groups is 1. The molecule has 1 aliphatic heterocycles. The van der Waals surface area contributed by atoms with E-state index in [1.165, 1.54) is 0 Å². The largest absolute Gasteiger partial charge is 0.444 e. The first kappa shape index (κ1) is 21.5. The van der Waals surface area contributed by atoms with Crippen LogP contribution >= 0.6 is 0 Å². The first-order valence-corrected chi connectivity index (χ1v) is 8.95. The lowest BCUT2D eigenvalue weighted by molar-refractivity contribution is 0.0507. The van der Waals surface area contributed by atoms with Gasteiger partial charge < -0.3 is 29.7 Å². The Hall–Kier alpha value is -1.54. The number of nitrogens with zero attached hydrogens (tertiary/aromatic N) is 2. The van der Waals surface area contributed by atoms with E-state index in [-0.39, 0.29) is 12.1 Å². The number of amides is 1. The van der Waals surface area contributed by atoms with Gasteiger partial charge in [-0.15, -0.1) is 0 Å². The van der Waals surface area contributed by atoms with Crippen molar-refractivity contribution in [2.24, 2.45) is 4.99 Å². The summed E-state index contributed by atoms with van der Waals surface area (Å²) in [5.74, 6) is 0.853. The quantitative estimate of drug-likeness (QED) is 0.385. The van der Waals surface area contributed by atoms with Crippen molar-refractivity contribution in [2.45, 2.75) is 45.8 Å². The van der Waals surface area contributed by atoms with E-state index in [1.807, 2.05) is 27.7 Å². The van der Waals surface area contributed by atoms with Gasteiger partial charge in [0, 0.05) is 26.7 Å². The number of ether oxygens (including phenoxy) is 3. The van der Waals surface area contributed by atoms with Gasteiger partial charge in [-0.2, -0.15) is 0 Å². The maximum atomic E-state index is 11.9. The number of guanidine groups is 1. The molecule has 0 aromatic heterocycles. The van der Waals surface area contributed by atoms with Crippen LogP contribution in [0.5, 0.6) is 0 Å². The zero-order valence-electron chi connectivity index (χ0n) is 16.3. The van der Waals surface area contributed by atoms with Gasteiger partial charge in [0.25, 0.3) is 0 Å². The Morgan fingerprint density at radius 3 is 2.68 bits per heavy atom. The van der Waals surface area contributed by atoms with Gasteiger partial charge in [0.2, 0.25) is 0 Å². The highest BCUT2D eigenvalue weighted by Gasteiger charge is 2.27. The molecular formula is C17H34N4O4. The van der Waals surface area contributed by atoms with Crippen molar-refractivity contribution in [1.82, 2.24) is 15.5 Å². The van der Waals surface area contributed by atoms with Crippen molar-refractivity contribution in [1.29, 1.82) is 0 Å². The van der Waals surface area contributed by atoms with Crippen LogP contribution in [0, 0.1) is 0 Å². The lowest BCUT2D eigenvalue weighted by Gasteiger charge is -2.23. The molecule has 146 valence electrons. The minimum absolute atomic E-state index is 0.0664. The summed E-state index contributed by atoms with van der Waals surface area (Å²) in [6, 6.07) is 0.0664. The standard InChI is InChI=1S/C17H34N4O4/c1-6-18-15(19-8-10-24-12-11-23-5)21-9-7-14(13-21)20-16(22)25-17(2,3)4/h14H,6-13H2,1-5H3,(H,18,19)(H,20,22). The van der Waals surface area contributed by atoms with E-state index >= 15 is 0 Å². The van der Waals surface area contributed by atoms with Crippen LogP contribution in [0.4, 0.5) is 4.79 Å². The molecule has 25 heavy (non-hydrogen) atoms. The number of rotatable bonds is 8. The molecule has 0 bridgehead atoms. The van der Waals surface area contributed by atoms with E-state index in [9.17, 15) is 4.79 Å². The molecule has 0 aromatic rings. The Bertz CT molecular complexity index is 423. The van der Waals surface area contributed by atoms with Crippen molar-refractivity contribution < 1.29 is 19.0 Å². The van der Waals surface area contributed by atoms with Crippen LogP contribution in [-0.2, 0) is 14.2 Å². The van der Waals surface area contributed by atoms with E-state index in [0.717, 1.165) is 32.0 Å². The van der Waals surface area contributed by atoms with E-state index in [4.69, 9.17) is 14.2 Å². The molecule has 8 nitrogen and oxygen atoms in total. The Labute approximate surface area is 151 Å². The molecule has 1 aliphatic rings. The summed E-state index contributed by atoms with van der Waals surface area (Å²) in [6.07, 6.45) is 0.501. The summed E-state index contributed by atoms with van der Waals surface area (Å²) in [4.78, 5) is 18.6. The summed E-state index contributed by atoms with van der Waals surface area (Å²) in [5, 5.41) is 6.22. The van der Waals surface area contributed by atoms with Gasteiger partial charge in [-0.05, 0) is 34.1 Å². The van der Waals surface area contributed by atoms with E-state index in [1.54, 1.807) is 7.11 Å². The molecule has 8 heteroatoms. The van der Waals surface area contributed by atoms with Crippen molar-refractivity contribution >= 4 is 12.1 Å². The molecule has 1 rings (SSSR count). The molecule has 0 aromatic carbocycles. The third-order valence-corrected chi connectivity index (χ3v) is 3.47. The number of aliphatic imine (C=N–C) groups is 1. The van der Waals surface area contributed by atoms with Crippen LogP contribution in [0.25, 0.3) is 0 Å². The molecule has 1 atom stereocenters. The van der Waals surface area contributed by atoms with Crippen molar-refractivity contribution in [2.75, 3.05) is 53.1 Å². The first-order chi connectivity index (χ1) is 11.9. The number of hydrogen-bond donors (Lipinski definition) is 2. The van der Waals surface area contributed by atoms with Gasteiger partial charge >= 0.3 is 6.09 Å². The number of carbonyl (C=O) groups excluding carboxylic acids is 1. The van der Waals surface area contributed by atoms with E-state index in [2.05, 4.69) is 20.5 Å². The maximum absolute atomic E-state index is 11.9. The monoisotopic (exact) mass is 358 g/mol. The Morgan fingerprint density at radius 1 is 1.28 bits per heavy atom. The van der Waals surface area contributed by atoms with E-state index in [0.29, 0.717) is 26.4 Å². The Kier molecular flexibility index (Phi) is 9.59. The molecule has 1 saturated heterocycles. The van der Waals surface area contributed by atoms with Gasteiger partial charge in [-0.25, -0.2) is 4.79 Å². The van der Waals surface area contributed by atoms with Crippen LogP contribution in [-0.4, -0.2) is 81.7 Å². The Morgan fingerprint density at radius 2 is 2.04 bits per heavy atom. The van der Waals surface area contributed by atoms with Crippen LogP contribution in [0.2, 0.25) is 0 Å².